The number of hydrogen-bond acceptors (Lipinski definition) is 3. The van der Waals surface area contributed by atoms with Gasteiger partial charge in [0.05, 0.1) is 30.5 Å². The Kier molecular flexibility index (Phi) is 3.84. The summed E-state index contributed by atoms with van der Waals surface area (Å²) in [5.74, 6) is -0.0603. The van der Waals surface area contributed by atoms with Gasteiger partial charge in [-0.2, -0.15) is 0 Å². The summed E-state index contributed by atoms with van der Waals surface area (Å²) in [6, 6.07) is 15.6. The van der Waals surface area contributed by atoms with Crippen LogP contribution in [0.15, 0.2) is 60.9 Å². The first kappa shape index (κ1) is 14.7. The fourth-order valence-corrected chi connectivity index (χ4v) is 2.92. The highest BCUT2D eigenvalue weighted by atomic mass is 16.5. The van der Waals surface area contributed by atoms with E-state index in [1.807, 2.05) is 48.5 Å². The lowest BCUT2D eigenvalue weighted by molar-refractivity contribution is 0.0840. The van der Waals surface area contributed by atoms with Gasteiger partial charge in [-0.25, -0.2) is 0 Å². The fraction of sp³-hybridized carbons (Fsp3) is 0.158. The summed E-state index contributed by atoms with van der Waals surface area (Å²) in [7, 11) is 0. The summed E-state index contributed by atoms with van der Waals surface area (Å²) in [5, 5.41) is 2.96. The topological polar surface area (TPSA) is 67.0 Å². The molecular formula is C19H17N3O2. The van der Waals surface area contributed by atoms with E-state index in [0.717, 1.165) is 22.5 Å². The van der Waals surface area contributed by atoms with Crippen molar-refractivity contribution >= 4 is 5.91 Å². The molecule has 0 aliphatic carbocycles. The van der Waals surface area contributed by atoms with Crippen molar-refractivity contribution in [2.24, 2.45) is 0 Å². The first-order valence-corrected chi connectivity index (χ1v) is 7.87. The summed E-state index contributed by atoms with van der Waals surface area (Å²) < 4.78 is 5.78. The van der Waals surface area contributed by atoms with Gasteiger partial charge in [0.25, 0.3) is 5.91 Å². The van der Waals surface area contributed by atoms with Crippen molar-refractivity contribution in [1.29, 1.82) is 0 Å². The summed E-state index contributed by atoms with van der Waals surface area (Å²) in [6.45, 7) is 0.963. The van der Waals surface area contributed by atoms with Crippen molar-refractivity contribution in [1.82, 2.24) is 15.3 Å². The maximum atomic E-state index is 12.2. The number of hydrogen-bond donors (Lipinski definition) is 2. The number of pyridine rings is 1. The lowest BCUT2D eigenvalue weighted by Gasteiger charge is -2.12. The van der Waals surface area contributed by atoms with Gasteiger partial charge < -0.3 is 15.0 Å². The maximum Gasteiger partial charge on any atom is 0.253 e. The molecule has 0 spiro atoms. The smallest absolute Gasteiger partial charge is 0.253 e. The van der Waals surface area contributed by atoms with E-state index in [2.05, 4.69) is 15.3 Å². The zero-order valence-corrected chi connectivity index (χ0v) is 13.0. The molecule has 0 radical (unpaired) electrons. The predicted octanol–water partition coefficient (Wildman–Crippen LogP) is 3.08. The number of carbonyl (C=O) groups excluding carboxylic acids is 1. The van der Waals surface area contributed by atoms with E-state index >= 15 is 0 Å². The predicted molar refractivity (Wildman–Crippen MR) is 90.3 cm³/mol. The minimum Gasteiger partial charge on any atom is -0.374 e. The number of fused-ring (bicyclic) bond motifs is 1. The van der Waals surface area contributed by atoms with Crippen molar-refractivity contribution in [3.63, 3.8) is 0 Å². The van der Waals surface area contributed by atoms with Crippen LogP contribution >= 0.6 is 0 Å². The van der Waals surface area contributed by atoms with Gasteiger partial charge in [0, 0.05) is 23.7 Å². The Hall–Kier alpha value is -2.92. The first-order valence-electron chi connectivity index (χ1n) is 7.87. The van der Waals surface area contributed by atoms with E-state index in [1.165, 1.54) is 0 Å². The molecule has 1 aromatic carbocycles. The lowest BCUT2D eigenvalue weighted by Crippen LogP contribution is -2.23. The molecule has 1 aliphatic heterocycles. The van der Waals surface area contributed by atoms with Crippen LogP contribution in [-0.4, -0.2) is 22.5 Å². The molecule has 120 valence electrons. The molecule has 1 amide bonds. The number of rotatable bonds is 5. The largest absolute Gasteiger partial charge is 0.374 e. The van der Waals surface area contributed by atoms with E-state index in [9.17, 15) is 4.79 Å². The molecule has 2 N–H and O–H groups in total. The van der Waals surface area contributed by atoms with Gasteiger partial charge in [0.2, 0.25) is 0 Å². The second kappa shape index (κ2) is 6.29. The van der Waals surface area contributed by atoms with Gasteiger partial charge in [-0.15, -0.1) is 0 Å². The molecule has 0 fully saturated rings. The second-order valence-electron chi connectivity index (χ2n) is 5.77. The van der Waals surface area contributed by atoms with Crippen LogP contribution < -0.4 is 5.32 Å². The van der Waals surface area contributed by atoms with Crippen LogP contribution in [0.3, 0.4) is 0 Å². The number of aromatic nitrogens is 2. The third kappa shape index (κ3) is 2.81. The quantitative estimate of drug-likeness (QED) is 0.759. The summed E-state index contributed by atoms with van der Waals surface area (Å²) >= 11 is 0. The van der Waals surface area contributed by atoms with E-state index in [4.69, 9.17) is 4.74 Å². The second-order valence-corrected chi connectivity index (χ2v) is 5.77. The molecule has 0 saturated heterocycles. The molecular weight excluding hydrogens is 302 g/mol. The van der Waals surface area contributed by atoms with E-state index in [-0.39, 0.29) is 11.9 Å². The van der Waals surface area contributed by atoms with Gasteiger partial charge in [0.15, 0.2) is 0 Å². The van der Waals surface area contributed by atoms with Crippen LogP contribution in [0.2, 0.25) is 0 Å². The number of benzene rings is 1. The molecule has 3 aromatic rings. The average Bonchev–Trinajstić information content (AvgIpc) is 3.18. The summed E-state index contributed by atoms with van der Waals surface area (Å²) in [5.41, 5.74) is 4.63. The van der Waals surface area contributed by atoms with Crippen molar-refractivity contribution in [2.45, 2.75) is 12.6 Å². The molecule has 3 heterocycles. The van der Waals surface area contributed by atoms with Crippen molar-refractivity contribution in [3.05, 3.63) is 77.7 Å². The highest BCUT2D eigenvalue weighted by Gasteiger charge is 2.31. The molecule has 0 unspecified atom stereocenters. The van der Waals surface area contributed by atoms with Crippen LogP contribution in [0.1, 0.15) is 27.7 Å². The molecule has 24 heavy (non-hydrogen) atoms. The van der Waals surface area contributed by atoms with Crippen LogP contribution in [0.25, 0.3) is 11.3 Å². The third-order valence-corrected chi connectivity index (χ3v) is 4.13. The highest BCUT2D eigenvalue weighted by molar-refractivity contribution is 6.00. The number of nitrogens with zero attached hydrogens (tertiary/aromatic N) is 1. The summed E-state index contributed by atoms with van der Waals surface area (Å²) in [6.07, 6.45) is 3.48. The Morgan fingerprint density at radius 2 is 1.88 bits per heavy atom. The van der Waals surface area contributed by atoms with Crippen LogP contribution in [0.4, 0.5) is 0 Å². The van der Waals surface area contributed by atoms with Crippen LogP contribution in [-0.2, 0) is 11.3 Å². The molecule has 1 aliphatic rings. The molecule has 5 nitrogen and oxygen atoms in total. The number of nitrogens with one attached hydrogen (secondary N) is 2. The minimum atomic E-state index is -0.146. The summed E-state index contributed by atoms with van der Waals surface area (Å²) in [4.78, 5) is 19.5. The van der Waals surface area contributed by atoms with E-state index < -0.39 is 0 Å². The fourth-order valence-electron chi connectivity index (χ4n) is 2.92. The zero-order chi connectivity index (χ0) is 16.4. The zero-order valence-electron chi connectivity index (χ0n) is 13.0. The van der Waals surface area contributed by atoms with Crippen molar-refractivity contribution in [2.75, 3.05) is 6.61 Å². The van der Waals surface area contributed by atoms with Crippen LogP contribution in [0.5, 0.6) is 0 Å². The van der Waals surface area contributed by atoms with Gasteiger partial charge in [-0.3, -0.25) is 9.78 Å². The molecule has 2 aromatic heterocycles. The normalized spacial score (nSPS) is 16.0. The molecule has 5 heteroatoms. The van der Waals surface area contributed by atoms with Crippen molar-refractivity contribution in [3.8, 4) is 11.3 Å². The lowest BCUT2D eigenvalue weighted by atomic mass is 10.2. The van der Waals surface area contributed by atoms with E-state index in [1.54, 1.807) is 12.4 Å². The SMILES string of the molecule is O=C1N[C@H](COCc2ccccc2)c2[nH]c(-c3ccncc3)cc21. The Morgan fingerprint density at radius 3 is 2.67 bits per heavy atom. The standard InChI is InChI=1S/C19H17N3O2/c23-19-15-10-16(14-6-8-20-9-7-14)21-18(15)17(22-19)12-24-11-13-4-2-1-3-5-13/h1-10,17,21H,11-12H2,(H,22,23)/t17-/m1/s1. The number of carbonyl (C=O) groups is 1. The van der Waals surface area contributed by atoms with Gasteiger partial charge >= 0.3 is 0 Å². The maximum absolute atomic E-state index is 12.2. The Morgan fingerprint density at radius 1 is 1.08 bits per heavy atom. The van der Waals surface area contributed by atoms with Crippen LogP contribution in [0, 0.1) is 0 Å². The van der Waals surface area contributed by atoms with Gasteiger partial charge in [-0.05, 0) is 23.8 Å². The monoisotopic (exact) mass is 319 g/mol. The molecule has 0 bridgehead atoms. The number of amides is 1. The van der Waals surface area contributed by atoms with E-state index in [0.29, 0.717) is 18.8 Å². The molecule has 1 atom stereocenters. The number of H-pyrrole nitrogens is 1. The van der Waals surface area contributed by atoms with Gasteiger partial charge in [0.1, 0.15) is 0 Å². The molecule has 0 saturated carbocycles. The number of aromatic amines is 1. The Balaban J connectivity index is 1.48. The highest BCUT2D eigenvalue weighted by Crippen LogP contribution is 2.30. The average molecular weight is 319 g/mol. The Bertz CT molecular complexity index is 844. The van der Waals surface area contributed by atoms with Crippen molar-refractivity contribution < 1.29 is 9.53 Å². The minimum absolute atomic E-state index is 0.0603. The van der Waals surface area contributed by atoms with Gasteiger partial charge in [-0.1, -0.05) is 30.3 Å². The molecule has 4 rings (SSSR count). The first-order chi connectivity index (χ1) is 11.8. The number of ether oxygens (including phenoxy) is 1. The Labute approximate surface area is 139 Å². The third-order valence-electron chi connectivity index (χ3n) is 4.13.